The number of nitrogens with two attached hydrogens (primary N) is 1. The molecule has 0 aliphatic heterocycles. The second kappa shape index (κ2) is 9.31. The summed E-state index contributed by atoms with van der Waals surface area (Å²) in [5.41, 5.74) is 6.46. The molecule has 1 atom stereocenters. The molecular formula is C15H26N2O4. The molecule has 0 spiro atoms. The van der Waals surface area contributed by atoms with Gasteiger partial charge in [0.1, 0.15) is 0 Å². The van der Waals surface area contributed by atoms with Crippen LogP contribution in [0.2, 0.25) is 0 Å². The predicted octanol–water partition coefficient (Wildman–Crippen LogP) is 1.88. The van der Waals surface area contributed by atoms with E-state index < -0.39 is 0 Å². The van der Waals surface area contributed by atoms with Gasteiger partial charge in [-0.15, -0.1) is 0 Å². The van der Waals surface area contributed by atoms with Crippen molar-refractivity contribution < 1.29 is 18.9 Å². The van der Waals surface area contributed by atoms with Crippen LogP contribution in [0.15, 0.2) is 12.1 Å². The Morgan fingerprint density at radius 3 is 2.10 bits per heavy atom. The second-order valence-electron chi connectivity index (χ2n) is 4.64. The van der Waals surface area contributed by atoms with Crippen LogP contribution in [0.5, 0.6) is 17.2 Å². The van der Waals surface area contributed by atoms with Crippen LogP contribution in [0.1, 0.15) is 12.8 Å². The van der Waals surface area contributed by atoms with E-state index >= 15 is 0 Å². The van der Waals surface area contributed by atoms with Gasteiger partial charge in [-0.05, 0) is 19.4 Å². The van der Waals surface area contributed by atoms with Crippen LogP contribution in [0.3, 0.4) is 0 Å². The quantitative estimate of drug-likeness (QED) is 0.687. The molecule has 0 aliphatic carbocycles. The molecule has 0 radical (unpaired) electrons. The first kappa shape index (κ1) is 17.4. The monoisotopic (exact) mass is 298 g/mol. The summed E-state index contributed by atoms with van der Waals surface area (Å²) in [5, 5.41) is 3.42. The van der Waals surface area contributed by atoms with E-state index in [1.165, 1.54) is 0 Å². The fraction of sp³-hybridized carbons (Fsp3) is 0.600. The standard InChI is InChI=1S/C15H26N2O4/c1-18-10-11(6-5-7-16)17-12-8-13(19-2)15(21-4)14(9-12)20-3/h8-9,11,17H,5-7,10,16H2,1-4H3. The van der Waals surface area contributed by atoms with Crippen LogP contribution < -0.4 is 25.3 Å². The summed E-state index contributed by atoms with van der Waals surface area (Å²) in [6, 6.07) is 3.94. The minimum absolute atomic E-state index is 0.182. The molecule has 0 heterocycles. The minimum Gasteiger partial charge on any atom is -0.493 e. The van der Waals surface area contributed by atoms with Gasteiger partial charge in [0.2, 0.25) is 5.75 Å². The third-order valence-electron chi connectivity index (χ3n) is 3.16. The van der Waals surface area contributed by atoms with E-state index in [2.05, 4.69) is 5.32 Å². The summed E-state index contributed by atoms with van der Waals surface area (Å²) in [4.78, 5) is 0. The average Bonchev–Trinajstić information content (AvgIpc) is 2.51. The summed E-state index contributed by atoms with van der Waals surface area (Å²) in [7, 11) is 6.47. The highest BCUT2D eigenvalue weighted by Gasteiger charge is 2.15. The largest absolute Gasteiger partial charge is 0.493 e. The Balaban J connectivity index is 2.94. The fourth-order valence-corrected chi connectivity index (χ4v) is 2.16. The zero-order chi connectivity index (χ0) is 15.7. The highest BCUT2D eigenvalue weighted by Crippen LogP contribution is 2.40. The Morgan fingerprint density at radius 2 is 1.67 bits per heavy atom. The van der Waals surface area contributed by atoms with E-state index in [0.717, 1.165) is 18.5 Å². The van der Waals surface area contributed by atoms with Crippen molar-refractivity contribution >= 4 is 5.69 Å². The van der Waals surface area contributed by atoms with Gasteiger partial charge in [0.05, 0.1) is 27.9 Å². The second-order valence-corrected chi connectivity index (χ2v) is 4.64. The normalized spacial score (nSPS) is 11.9. The van der Waals surface area contributed by atoms with Gasteiger partial charge in [0.15, 0.2) is 11.5 Å². The number of methoxy groups -OCH3 is 4. The first-order valence-corrected chi connectivity index (χ1v) is 6.95. The van der Waals surface area contributed by atoms with Crippen LogP contribution in [0.25, 0.3) is 0 Å². The maximum Gasteiger partial charge on any atom is 0.203 e. The first-order valence-electron chi connectivity index (χ1n) is 6.95. The molecule has 0 saturated carbocycles. The highest BCUT2D eigenvalue weighted by molar-refractivity contribution is 5.62. The van der Waals surface area contributed by atoms with E-state index in [1.807, 2.05) is 12.1 Å². The molecule has 0 amide bonds. The van der Waals surface area contributed by atoms with E-state index in [0.29, 0.717) is 30.4 Å². The van der Waals surface area contributed by atoms with Gasteiger partial charge in [0, 0.05) is 31.0 Å². The summed E-state index contributed by atoms with van der Waals surface area (Å²) >= 11 is 0. The number of hydrogen-bond acceptors (Lipinski definition) is 6. The fourth-order valence-electron chi connectivity index (χ4n) is 2.16. The molecule has 0 saturated heterocycles. The summed E-state index contributed by atoms with van der Waals surface area (Å²) in [6.07, 6.45) is 1.87. The van der Waals surface area contributed by atoms with Crippen LogP contribution in [0, 0.1) is 0 Å². The van der Waals surface area contributed by atoms with Gasteiger partial charge in [0.25, 0.3) is 0 Å². The van der Waals surface area contributed by atoms with Crippen molar-refractivity contribution in [3.8, 4) is 17.2 Å². The lowest BCUT2D eigenvalue weighted by atomic mass is 10.1. The van der Waals surface area contributed by atoms with Gasteiger partial charge in [-0.1, -0.05) is 0 Å². The van der Waals surface area contributed by atoms with Crippen LogP contribution >= 0.6 is 0 Å². The molecule has 3 N–H and O–H groups in total. The zero-order valence-electron chi connectivity index (χ0n) is 13.3. The van der Waals surface area contributed by atoms with Crippen molar-refractivity contribution in [3.05, 3.63) is 12.1 Å². The predicted molar refractivity (Wildman–Crippen MR) is 83.7 cm³/mol. The topological polar surface area (TPSA) is 75.0 Å². The van der Waals surface area contributed by atoms with Gasteiger partial charge < -0.3 is 30.0 Å². The van der Waals surface area contributed by atoms with Gasteiger partial charge >= 0.3 is 0 Å². The molecule has 1 aromatic carbocycles. The zero-order valence-corrected chi connectivity index (χ0v) is 13.3. The van der Waals surface area contributed by atoms with Crippen molar-refractivity contribution in [2.75, 3.05) is 46.9 Å². The van der Waals surface area contributed by atoms with Crippen molar-refractivity contribution in [1.29, 1.82) is 0 Å². The molecule has 1 rings (SSSR count). The Bertz CT molecular complexity index is 401. The molecular weight excluding hydrogens is 272 g/mol. The average molecular weight is 298 g/mol. The van der Waals surface area contributed by atoms with Gasteiger partial charge in [-0.2, -0.15) is 0 Å². The molecule has 120 valence electrons. The van der Waals surface area contributed by atoms with E-state index in [4.69, 9.17) is 24.7 Å². The van der Waals surface area contributed by atoms with E-state index in [1.54, 1.807) is 28.4 Å². The van der Waals surface area contributed by atoms with E-state index in [-0.39, 0.29) is 6.04 Å². The maximum atomic E-state index is 5.57. The lowest BCUT2D eigenvalue weighted by molar-refractivity contribution is 0.182. The number of hydrogen-bond donors (Lipinski definition) is 2. The molecule has 0 aromatic heterocycles. The number of nitrogens with one attached hydrogen (secondary N) is 1. The van der Waals surface area contributed by atoms with Gasteiger partial charge in [-0.3, -0.25) is 0 Å². The Kier molecular flexibility index (Phi) is 7.71. The first-order chi connectivity index (χ1) is 10.2. The summed E-state index contributed by atoms with van der Waals surface area (Å²) in [5.74, 6) is 1.82. The lowest BCUT2D eigenvalue weighted by Gasteiger charge is -2.21. The summed E-state index contributed by atoms with van der Waals surface area (Å²) < 4.78 is 21.2. The highest BCUT2D eigenvalue weighted by atomic mass is 16.5. The Morgan fingerprint density at radius 1 is 1.05 bits per heavy atom. The van der Waals surface area contributed by atoms with Gasteiger partial charge in [-0.25, -0.2) is 0 Å². The smallest absolute Gasteiger partial charge is 0.203 e. The van der Waals surface area contributed by atoms with E-state index in [9.17, 15) is 0 Å². The van der Waals surface area contributed by atoms with Crippen LogP contribution in [-0.2, 0) is 4.74 Å². The molecule has 0 bridgehead atoms. The van der Waals surface area contributed by atoms with Crippen molar-refractivity contribution in [2.24, 2.45) is 5.73 Å². The third kappa shape index (κ3) is 4.99. The third-order valence-corrected chi connectivity index (χ3v) is 3.16. The molecule has 6 heteroatoms. The van der Waals surface area contributed by atoms with Crippen LogP contribution in [0.4, 0.5) is 5.69 Å². The van der Waals surface area contributed by atoms with Crippen molar-refractivity contribution in [2.45, 2.75) is 18.9 Å². The molecule has 21 heavy (non-hydrogen) atoms. The number of benzene rings is 1. The number of anilines is 1. The maximum absolute atomic E-state index is 5.57. The molecule has 0 fully saturated rings. The minimum atomic E-state index is 0.182. The van der Waals surface area contributed by atoms with Crippen LogP contribution in [-0.4, -0.2) is 47.6 Å². The molecule has 0 aliphatic rings. The molecule has 1 unspecified atom stereocenters. The number of rotatable bonds is 10. The Labute approximate surface area is 126 Å². The summed E-state index contributed by atoms with van der Waals surface area (Å²) in [6.45, 7) is 1.27. The van der Waals surface area contributed by atoms with Crippen molar-refractivity contribution in [3.63, 3.8) is 0 Å². The Hall–Kier alpha value is -1.66. The lowest BCUT2D eigenvalue weighted by Crippen LogP contribution is -2.25. The SMILES string of the molecule is COCC(CCCN)Nc1cc(OC)c(OC)c(OC)c1. The number of ether oxygens (including phenoxy) is 4. The molecule has 1 aromatic rings. The molecule has 6 nitrogen and oxygen atoms in total. The van der Waals surface area contributed by atoms with Crippen molar-refractivity contribution in [1.82, 2.24) is 0 Å².